The van der Waals surface area contributed by atoms with E-state index in [1.54, 1.807) is 6.92 Å². The molecule has 0 aliphatic rings. The summed E-state index contributed by atoms with van der Waals surface area (Å²) in [6, 6.07) is 8.23. The minimum absolute atomic E-state index is 0.111. The number of aryl methyl sites for hydroxylation is 3. The standard InChI is InChI=1S/C17H18N4OS/c1-10-5-7-14(8-6-10)21-13(4)15-12(3)18-19-17(16(15)20-21)23-9-11(2)22/h5-8H,9H2,1-4H3. The number of carbonyl (C=O) groups is 1. The lowest BCUT2D eigenvalue weighted by molar-refractivity contribution is -0.114. The van der Waals surface area contributed by atoms with Crippen LogP contribution >= 0.6 is 11.8 Å². The third-order valence-electron chi connectivity index (χ3n) is 3.66. The van der Waals surface area contributed by atoms with E-state index in [4.69, 9.17) is 5.10 Å². The van der Waals surface area contributed by atoms with Crippen molar-refractivity contribution in [1.82, 2.24) is 20.0 Å². The van der Waals surface area contributed by atoms with Gasteiger partial charge in [0.2, 0.25) is 0 Å². The Labute approximate surface area is 139 Å². The maximum absolute atomic E-state index is 11.3. The predicted molar refractivity (Wildman–Crippen MR) is 92.3 cm³/mol. The van der Waals surface area contributed by atoms with Crippen molar-refractivity contribution < 1.29 is 4.79 Å². The van der Waals surface area contributed by atoms with E-state index in [0.717, 1.165) is 28.0 Å². The summed E-state index contributed by atoms with van der Waals surface area (Å²) in [5.74, 6) is 0.490. The average molecular weight is 326 g/mol. The molecule has 118 valence electrons. The van der Waals surface area contributed by atoms with Gasteiger partial charge in [0.05, 0.1) is 22.8 Å². The van der Waals surface area contributed by atoms with Gasteiger partial charge < -0.3 is 0 Å². The molecule has 2 heterocycles. The van der Waals surface area contributed by atoms with E-state index in [9.17, 15) is 4.79 Å². The van der Waals surface area contributed by atoms with Gasteiger partial charge >= 0.3 is 0 Å². The second-order valence-electron chi connectivity index (χ2n) is 5.64. The molecular formula is C17H18N4OS. The van der Waals surface area contributed by atoms with Crippen LogP contribution in [0.3, 0.4) is 0 Å². The molecule has 2 aromatic heterocycles. The summed E-state index contributed by atoms with van der Waals surface area (Å²) in [7, 11) is 0. The highest BCUT2D eigenvalue weighted by Gasteiger charge is 2.17. The molecule has 0 radical (unpaired) electrons. The second-order valence-corrected chi connectivity index (χ2v) is 6.60. The molecular weight excluding hydrogens is 308 g/mol. The number of rotatable bonds is 4. The zero-order chi connectivity index (χ0) is 16.6. The molecule has 0 spiro atoms. The van der Waals surface area contributed by atoms with E-state index in [2.05, 4.69) is 29.3 Å². The number of thioether (sulfide) groups is 1. The molecule has 0 unspecified atom stereocenters. The third kappa shape index (κ3) is 2.99. The van der Waals surface area contributed by atoms with Crippen LogP contribution in [-0.4, -0.2) is 31.5 Å². The smallest absolute Gasteiger partial charge is 0.147 e. The van der Waals surface area contributed by atoms with Crippen LogP contribution < -0.4 is 0 Å². The zero-order valence-electron chi connectivity index (χ0n) is 13.6. The Bertz CT molecular complexity index is 884. The first-order valence-corrected chi connectivity index (χ1v) is 8.38. The monoisotopic (exact) mass is 326 g/mol. The Balaban J connectivity index is 2.16. The lowest BCUT2D eigenvalue weighted by Crippen LogP contribution is -1.98. The van der Waals surface area contributed by atoms with E-state index < -0.39 is 0 Å². The van der Waals surface area contributed by atoms with Gasteiger partial charge in [0.25, 0.3) is 0 Å². The fraction of sp³-hybridized carbons (Fsp3) is 0.294. The largest absolute Gasteiger partial charge is 0.299 e. The summed E-state index contributed by atoms with van der Waals surface area (Å²) >= 11 is 1.39. The Morgan fingerprint density at radius 1 is 1.13 bits per heavy atom. The topological polar surface area (TPSA) is 60.7 Å². The number of carbonyl (C=O) groups excluding carboxylic acids is 1. The SMILES string of the molecule is CC(=O)CSc1nnc(C)c2c(C)n(-c3ccc(C)cc3)nc12. The number of aromatic nitrogens is 4. The van der Waals surface area contributed by atoms with Gasteiger partial charge in [0, 0.05) is 5.39 Å². The minimum atomic E-state index is 0.111. The average Bonchev–Trinajstić information content (AvgIpc) is 2.86. The fourth-order valence-electron chi connectivity index (χ4n) is 2.51. The molecule has 3 aromatic rings. The Hall–Kier alpha value is -2.21. The van der Waals surface area contributed by atoms with Crippen molar-refractivity contribution in [2.45, 2.75) is 32.7 Å². The van der Waals surface area contributed by atoms with Crippen LogP contribution in [-0.2, 0) is 4.79 Å². The highest BCUT2D eigenvalue weighted by atomic mass is 32.2. The third-order valence-corrected chi connectivity index (χ3v) is 4.76. The van der Waals surface area contributed by atoms with E-state index in [1.807, 2.05) is 30.7 Å². The molecule has 0 aliphatic carbocycles. The number of fused-ring (bicyclic) bond motifs is 1. The summed E-state index contributed by atoms with van der Waals surface area (Å²) in [5, 5.41) is 14.9. The van der Waals surface area contributed by atoms with Crippen LogP contribution in [0.2, 0.25) is 0 Å². The highest BCUT2D eigenvalue weighted by Crippen LogP contribution is 2.29. The normalized spacial score (nSPS) is 11.1. The summed E-state index contributed by atoms with van der Waals surface area (Å²) in [5.41, 5.74) is 4.90. The first kappa shape index (κ1) is 15.7. The van der Waals surface area contributed by atoms with Crippen molar-refractivity contribution >= 4 is 28.4 Å². The summed E-state index contributed by atoms with van der Waals surface area (Å²) < 4.78 is 1.91. The van der Waals surface area contributed by atoms with Crippen molar-refractivity contribution in [1.29, 1.82) is 0 Å². The van der Waals surface area contributed by atoms with Crippen molar-refractivity contribution in [3.63, 3.8) is 0 Å². The molecule has 5 nitrogen and oxygen atoms in total. The number of Topliss-reactive ketones (excluding diaryl/α,β-unsaturated/α-hetero) is 1. The van der Waals surface area contributed by atoms with Gasteiger partial charge in [-0.1, -0.05) is 29.5 Å². The number of ketones is 1. The van der Waals surface area contributed by atoms with Gasteiger partial charge in [-0.25, -0.2) is 4.68 Å². The number of hydrogen-bond acceptors (Lipinski definition) is 5. The van der Waals surface area contributed by atoms with Gasteiger partial charge in [-0.15, -0.1) is 5.10 Å². The van der Waals surface area contributed by atoms with Crippen molar-refractivity contribution in [2.24, 2.45) is 0 Å². The zero-order valence-corrected chi connectivity index (χ0v) is 14.4. The van der Waals surface area contributed by atoms with Gasteiger partial charge in [0.1, 0.15) is 16.3 Å². The van der Waals surface area contributed by atoms with Crippen molar-refractivity contribution in [3.8, 4) is 5.69 Å². The van der Waals surface area contributed by atoms with Crippen LogP contribution in [0.1, 0.15) is 23.9 Å². The first-order valence-electron chi connectivity index (χ1n) is 7.39. The quantitative estimate of drug-likeness (QED) is 0.688. The van der Waals surface area contributed by atoms with Crippen molar-refractivity contribution in [2.75, 3.05) is 5.75 Å². The summed E-state index contributed by atoms with van der Waals surface area (Å²) in [6.07, 6.45) is 0. The molecule has 0 N–H and O–H groups in total. The molecule has 0 atom stereocenters. The number of nitrogens with zero attached hydrogens (tertiary/aromatic N) is 4. The summed E-state index contributed by atoms with van der Waals surface area (Å²) in [6.45, 7) is 7.60. The maximum Gasteiger partial charge on any atom is 0.147 e. The minimum Gasteiger partial charge on any atom is -0.299 e. The molecule has 0 aliphatic heterocycles. The van der Waals surface area contributed by atoms with Gasteiger partial charge in [-0.3, -0.25) is 4.79 Å². The van der Waals surface area contributed by atoms with E-state index in [0.29, 0.717) is 10.8 Å². The van der Waals surface area contributed by atoms with E-state index in [1.165, 1.54) is 17.3 Å². The second kappa shape index (κ2) is 6.12. The molecule has 0 amide bonds. The molecule has 3 rings (SSSR count). The van der Waals surface area contributed by atoms with E-state index >= 15 is 0 Å². The van der Waals surface area contributed by atoms with Gasteiger partial charge in [-0.2, -0.15) is 10.2 Å². The molecule has 23 heavy (non-hydrogen) atoms. The molecule has 0 bridgehead atoms. The number of hydrogen-bond donors (Lipinski definition) is 0. The Morgan fingerprint density at radius 2 is 1.83 bits per heavy atom. The predicted octanol–water partition coefficient (Wildman–Crippen LogP) is 3.42. The molecule has 1 aromatic carbocycles. The van der Waals surface area contributed by atoms with Crippen LogP contribution in [0.4, 0.5) is 0 Å². The maximum atomic E-state index is 11.3. The fourth-order valence-corrected chi connectivity index (χ4v) is 3.23. The van der Waals surface area contributed by atoms with Gasteiger partial charge in [0.15, 0.2) is 0 Å². The molecule has 0 saturated heterocycles. The van der Waals surface area contributed by atoms with Crippen LogP contribution in [0, 0.1) is 20.8 Å². The van der Waals surface area contributed by atoms with Crippen LogP contribution in [0.25, 0.3) is 16.6 Å². The first-order chi connectivity index (χ1) is 11.0. The summed E-state index contributed by atoms with van der Waals surface area (Å²) in [4.78, 5) is 11.3. The molecule has 6 heteroatoms. The Kier molecular flexibility index (Phi) is 4.17. The lowest BCUT2D eigenvalue weighted by atomic mass is 10.2. The van der Waals surface area contributed by atoms with Crippen LogP contribution in [0.5, 0.6) is 0 Å². The van der Waals surface area contributed by atoms with Gasteiger partial charge in [-0.05, 0) is 39.8 Å². The Morgan fingerprint density at radius 3 is 2.48 bits per heavy atom. The van der Waals surface area contributed by atoms with Crippen molar-refractivity contribution in [3.05, 3.63) is 41.2 Å². The van der Waals surface area contributed by atoms with Crippen LogP contribution in [0.15, 0.2) is 29.3 Å². The number of benzene rings is 1. The molecule has 0 fully saturated rings. The van der Waals surface area contributed by atoms with E-state index in [-0.39, 0.29) is 5.78 Å². The highest BCUT2D eigenvalue weighted by molar-refractivity contribution is 8.00. The molecule has 0 saturated carbocycles. The lowest BCUT2D eigenvalue weighted by Gasteiger charge is -2.04.